The van der Waals surface area contributed by atoms with Gasteiger partial charge in [-0.15, -0.1) is 0 Å². The molecule has 1 saturated carbocycles. The number of amides is 1. The number of alkyl halides is 3. The number of hydrogen-bond donors (Lipinski definition) is 1. The van der Waals surface area contributed by atoms with Crippen LogP contribution in [0.15, 0.2) is 30.7 Å². The first-order chi connectivity index (χ1) is 10.9. The number of nitrogens with one attached hydrogen (secondary N) is 1. The van der Waals surface area contributed by atoms with E-state index >= 15 is 0 Å². The molecule has 1 amide bonds. The fourth-order valence-electron chi connectivity index (χ4n) is 2.93. The van der Waals surface area contributed by atoms with Gasteiger partial charge < -0.3 is 5.32 Å². The van der Waals surface area contributed by atoms with Crippen molar-refractivity contribution in [3.8, 4) is 0 Å². The smallest absolute Gasteiger partial charge is 0.349 e. The van der Waals surface area contributed by atoms with E-state index in [0.717, 1.165) is 5.39 Å². The summed E-state index contributed by atoms with van der Waals surface area (Å²) in [6.45, 7) is 0. The van der Waals surface area contributed by atoms with Gasteiger partial charge in [0.05, 0.1) is 23.2 Å². The van der Waals surface area contributed by atoms with Gasteiger partial charge in [0.2, 0.25) is 0 Å². The molecule has 0 saturated heterocycles. The van der Waals surface area contributed by atoms with Gasteiger partial charge in [-0.05, 0) is 37.8 Å². The van der Waals surface area contributed by atoms with E-state index < -0.39 is 12.1 Å². The average Bonchev–Trinajstić information content (AvgIpc) is 2.54. The molecule has 23 heavy (non-hydrogen) atoms. The van der Waals surface area contributed by atoms with E-state index in [-0.39, 0.29) is 24.8 Å². The number of carbonyl (C=O) groups excluding carboxylic acids is 1. The highest BCUT2D eigenvalue weighted by Gasteiger charge is 2.41. The molecule has 1 N–H and O–H groups in total. The molecule has 0 spiro atoms. The Bertz CT molecular complexity index is 709. The lowest BCUT2D eigenvalue weighted by Gasteiger charge is -2.30. The fourth-order valence-corrected chi connectivity index (χ4v) is 2.93. The second-order valence-electron chi connectivity index (χ2n) is 5.86. The lowest BCUT2D eigenvalue weighted by molar-refractivity contribution is -0.182. The molecule has 0 aromatic carbocycles. The zero-order valence-electron chi connectivity index (χ0n) is 12.3. The molecule has 122 valence electrons. The van der Waals surface area contributed by atoms with Crippen LogP contribution in [0.3, 0.4) is 0 Å². The maximum Gasteiger partial charge on any atom is 0.391 e. The lowest BCUT2D eigenvalue weighted by atomic mass is 9.85. The molecule has 0 radical (unpaired) electrons. The molecular weight excluding hydrogens is 307 g/mol. The van der Waals surface area contributed by atoms with Crippen molar-refractivity contribution in [1.82, 2.24) is 15.3 Å². The maximum absolute atomic E-state index is 12.6. The van der Waals surface area contributed by atoms with Crippen LogP contribution < -0.4 is 5.32 Å². The Kier molecular flexibility index (Phi) is 4.19. The van der Waals surface area contributed by atoms with Crippen molar-refractivity contribution in [2.75, 3.05) is 0 Å². The summed E-state index contributed by atoms with van der Waals surface area (Å²) in [5.74, 6) is -1.54. The molecule has 2 aromatic heterocycles. The number of aromatic nitrogens is 2. The Hall–Kier alpha value is -2.18. The monoisotopic (exact) mass is 323 g/mol. The molecule has 0 aliphatic heterocycles. The van der Waals surface area contributed by atoms with Crippen LogP contribution in [0, 0.1) is 5.92 Å². The predicted molar refractivity (Wildman–Crippen MR) is 78.8 cm³/mol. The first-order valence-electron chi connectivity index (χ1n) is 7.51. The van der Waals surface area contributed by atoms with Crippen molar-refractivity contribution in [3.05, 3.63) is 36.3 Å². The van der Waals surface area contributed by atoms with E-state index in [1.165, 1.54) is 6.20 Å². The maximum atomic E-state index is 12.6. The van der Waals surface area contributed by atoms with Crippen LogP contribution in [0.2, 0.25) is 0 Å². The first kappa shape index (κ1) is 15.7. The molecule has 1 aliphatic rings. The van der Waals surface area contributed by atoms with Gasteiger partial charge in [0.1, 0.15) is 0 Å². The number of rotatable bonds is 2. The summed E-state index contributed by atoms with van der Waals surface area (Å²) in [4.78, 5) is 20.4. The first-order valence-corrected chi connectivity index (χ1v) is 7.51. The highest BCUT2D eigenvalue weighted by molar-refractivity contribution is 5.97. The molecule has 0 atom stereocenters. The van der Waals surface area contributed by atoms with Crippen LogP contribution in [0.1, 0.15) is 36.0 Å². The van der Waals surface area contributed by atoms with Crippen molar-refractivity contribution in [3.63, 3.8) is 0 Å². The van der Waals surface area contributed by atoms with E-state index in [1.54, 1.807) is 24.5 Å². The molecule has 0 bridgehead atoms. The van der Waals surface area contributed by atoms with Crippen LogP contribution in [0.5, 0.6) is 0 Å². The largest absolute Gasteiger partial charge is 0.391 e. The van der Waals surface area contributed by atoms with Gasteiger partial charge in [-0.1, -0.05) is 0 Å². The minimum absolute atomic E-state index is 0.0656. The highest BCUT2D eigenvalue weighted by Crippen LogP contribution is 2.37. The number of nitrogens with zero attached hydrogens (tertiary/aromatic N) is 2. The van der Waals surface area contributed by atoms with Crippen molar-refractivity contribution in [2.24, 2.45) is 5.92 Å². The van der Waals surface area contributed by atoms with Gasteiger partial charge in [0, 0.05) is 23.8 Å². The van der Waals surface area contributed by atoms with Crippen LogP contribution in [0.4, 0.5) is 13.2 Å². The summed E-state index contributed by atoms with van der Waals surface area (Å²) in [6, 6.07) is 3.25. The van der Waals surface area contributed by atoms with E-state index in [2.05, 4.69) is 15.3 Å². The Morgan fingerprint density at radius 3 is 2.61 bits per heavy atom. The van der Waals surface area contributed by atoms with Crippen LogP contribution in [0.25, 0.3) is 10.9 Å². The average molecular weight is 323 g/mol. The fraction of sp³-hybridized carbons (Fsp3) is 0.438. The van der Waals surface area contributed by atoms with Crippen molar-refractivity contribution in [1.29, 1.82) is 0 Å². The molecule has 0 unspecified atom stereocenters. The van der Waals surface area contributed by atoms with Gasteiger partial charge in [-0.25, -0.2) is 0 Å². The summed E-state index contributed by atoms with van der Waals surface area (Å²) < 4.78 is 37.9. The summed E-state index contributed by atoms with van der Waals surface area (Å²) in [7, 11) is 0. The molecular formula is C16H16F3N3O. The molecule has 3 rings (SSSR count). The topological polar surface area (TPSA) is 54.9 Å². The third-order valence-electron chi connectivity index (χ3n) is 4.27. The SMILES string of the molecule is O=C(NC1CCC(C(F)(F)F)CC1)c1cnc2cnccc2c1. The lowest BCUT2D eigenvalue weighted by Crippen LogP contribution is -2.40. The normalized spacial score (nSPS) is 22.0. The van der Waals surface area contributed by atoms with Gasteiger partial charge >= 0.3 is 6.18 Å². The Labute approximate surface area is 131 Å². The molecule has 1 fully saturated rings. The molecule has 2 aromatic rings. The summed E-state index contributed by atoms with van der Waals surface area (Å²) in [6.07, 6.45) is 1.37. The molecule has 4 nitrogen and oxygen atoms in total. The number of halogens is 3. The standard InChI is InChI=1S/C16H16F3N3O/c17-16(18,19)12-1-3-13(4-2-12)22-15(23)11-7-10-5-6-20-9-14(10)21-8-11/h5-9,12-13H,1-4H2,(H,22,23). The van der Waals surface area contributed by atoms with Crippen LogP contribution in [-0.4, -0.2) is 28.1 Å². The Morgan fingerprint density at radius 1 is 1.17 bits per heavy atom. The molecule has 1 aliphatic carbocycles. The second-order valence-corrected chi connectivity index (χ2v) is 5.86. The summed E-state index contributed by atoms with van der Waals surface area (Å²) in [5, 5.41) is 3.61. The van der Waals surface area contributed by atoms with Crippen molar-refractivity contribution >= 4 is 16.8 Å². The molecule has 2 heterocycles. The Balaban J connectivity index is 1.63. The highest BCUT2D eigenvalue weighted by atomic mass is 19.4. The van der Waals surface area contributed by atoms with E-state index in [9.17, 15) is 18.0 Å². The number of pyridine rings is 2. The number of fused-ring (bicyclic) bond motifs is 1. The minimum atomic E-state index is -4.13. The van der Waals surface area contributed by atoms with Gasteiger partial charge in [-0.3, -0.25) is 14.8 Å². The third kappa shape index (κ3) is 3.60. The van der Waals surface area contributed by atoms with Crippen LogP contribution in [-0.2, 0) is 0 Å². The van der Waals surface area contributed by atoms with Crippen molar-refractivity contribution in [2.45, 2.75) is 37.9 Å². The van der Waals surface area contributed by atoms with Gasteiger partial charge in [0.25, 0.3) is 5.91 Å². The van der Waals surface area contributed by atoms with E-state index in [1.807, 2.05) is 0 Å². The predicted octanol–water partition coefficient (Wildman–Crippen LogP) is 3.48. The van der Waals surface area contributed by atoms with E-state index in [0.29, 0.717) is 23.9 Å². The second kappa shape index (κ2) is 6.14. The molecule has 7 heteroatoms. The zero-order valence-corrected chi connectivity index (χ0v) is 12.3. The third-order valence-corrected chi connectivity index (χ3v) is 4.27. The quantitative estimate of drug-likeness (QED) is 0.920. The number of carbonyl (C=O) groups is 1. The Morgan fingerprint density at radius 2 is 1.91 bits per heavy atom. The summed E-state index contributed by atoms with van der Waals surface area (Å²) in [5.41, 5.74) is 1.09. The van der Waals surface area contributed by atoms with Gasteiger partial charge in [0.15, 0.2) is 0 Å². The van der Waals surface area contributed by atoms with Crippen molar-refractivity contribution < 1.29 is 18.0 Å². The van der Waals surface area contributed by atoms with E-state index in [4.69, 9.17) is 0 Å². The summed E-state index contributed by atoms with van der Waals surface area (Å²) >= 11 is 0. The zero-order chi connectivity index (χ0) is 16.4. The van der Waals surface area contributed by atoms with Crippen LogP contribution >= 0.6 is 0 Å². The number of hydrogen-bond acceptors (Lipinski definition) is 3. The minimum Gasteiger partial charge on any atom is -0.349 e. The van der Waals surface area contributed by atoms with Gasteiger partial charge in [-0.2, -0.15) is 13.2 Å².